The van der Waals surface area contributed by atoms with Crippen molar-refractivity contribution >= 4 is 11.8 Å². The van der Waals surface area contributed by atoms with Crippen molar-refractivity contribution in [3.8, 4) is 0 Å². The Bertz CT molecular complexity index is 338. The van der Waals surface area contributed by atoms with Crippen molar-refractivity contribution in [1.29, 1.82) is 0 Å². The molecule has 2 fully saturated rings. The topological polar surface area (TPSA) is 46.6 Å². The molecule has 0 N–H and O–H groups in total. The van der Waals surface area contributed by atoms with Gasteiger partial charge < -0.3 is 4.74 Å². The highest BCUT2D eigenvalue weighted by Gasteiger charge is 2.35. The molecule has 0 bridgehead atoms. The van der Waals surface area contributed by atoms with Crippen molar-refractivity contribution in [2.45, 2.75) is 58.3 Å². The summed E-state index contributed by atoms with van der Waals surface area (Å²) in [4.78, 5) is 25.3. The SMILES string of the molecule is CCOC(=O)CC(=O)CN1CCC2(CCCCC2)CC1. The van der Waals surface area contributed by atoms with E-state index in [1.165, 1.54) is 44.9 Å². The van der Waals surface area contributed by atoms with Gasteiger partial charge in [-0.25, -0.2) is 0 Å². The number of ketones is 1. The molecular weight excluding hydrogens is 254 g/mol. The van der Waals surface area contributed by atoms with Gasteiger partial charge in [-0.15, -0.1) is 0 Å². The van der Waals surface area contributed by atoms with Crippen LogP contribution in [0, 0.1) is 5.41 Å². The van der Waals surface area contributed by atoms with Crippen LogP contribution in [0.1, 0.15) is 58.3 Å². The van der Waals surface area contributed by atoms with Gasteiger partial charge >= 0.3 is 5.97 Å². The van der Waals surface area contributed by atoms with E-state index in [1.807, 2.05) is 0 Å². The lowest BCUT2D eigenvalue weighted by atomic mass is 9.68. The molecule has 114 valence electrons. The number of rotatable bonds is 5. The maximum Gasteiger partial charge on any atom is 0.313 e. The third-order valence-electron chi connectivity index (χ3n) is 4.88. The molecule has 1 aliphatic carbocycles. The predicted molar refractivity (Wildman–Crippen MR) is 77.4 cm³/mol. The molecule has 0 atom stereocenters. The number of ether oxygens (including phenoxy) is 1. The minimum absolute atomic E-state index is 0.0111. The van der Waals surface area contributed by atoms with Crippen LogP contribution in [0.25, 0.3) is 0 Å². The summed E-state index contributed by atoms with van der Waals surface area (Å²) in [6.07, 6.45) is 9.26. The second kappa shape index (κ2) is 7.21. The number of nitrogens with zero attached hydrogens (tertiary/aromatic N) is 1. The van der Waals surface area contributed by atoms with Crippen LogP contribution in [-0.2, 0) is 14.3 Å². The lowest BCUT2D eigenvalue weighted by Gasteiger charge is -2.44. The first-order valence-corrected chi connectivity index (χ1v) is 8.03. The molecule has 1 saturated carbocycles. The Morgan fingerprint density at radius 3 is 2.30 bits per heavy atom. The summed E-state index contributed by atoms with van der Waals surface area (Å²) >= 11 is 0. The molecule has 1 spiro atoms. The Kier molecular flexibility index (Phi) is 5.58. The van der Waals surface area contributed by atoms with Crippen LogP contribution in [-0.4, -0.2) is 42.9 Å². The fourth-order valence-corrected chi connectivity index (χ4v) is 3.67. The molecule has 0 aromatic rings. The highest BCUT2D eigenvalue weighted by molar-refractivity contribution is 5.96. The van der Waals surface area contributed by atoms with Crippen LogP contribution >= 0.6 is 0 Å². The minimum atomic E-state index is -0.390. The lowest BCUT2D eigenvalue weighted by Crippen LogP contribution is -2.43. The van der Waals surface area contributed by atoms with Crippen molar-refractivity contribution in [3.05, 3.63) is 0 Å². The number of likely N-dealkylation sites (tertiary alicyclic amines) is 1. The number of Topliss-reactive ketones (excluding diaryl/α,β-unsaturated/α-hetero) is 1. The van der Waals surface area contributed by atoms with Crippen LogP contribution in [0.2, 0.25) is 0 Å². The zero-order valence-corrected chi connectivity index (χ0v) is 12.7. The van der Waals surface area contributed by atoms with Gasteiger partial charge in [0.05, 0.1) is 13.2 Å². The molecule has 1 heterocycles. The fourth-order valence-electron chi connectivity index (χ4n) is 3.67. The molecule has 4 nitrogen and oxygen atoms in total. The predicted octanol–water partition coefficient (Wildman–Crippen LogP) is 2.56. The summed E-state index contributed by atoms with van der Waals surface area (Å²) in [5, 5.41) is 0. The number of hydrogen-bond donors (Lipinski definition) is 0. The van der Waals surface area contributed by atoms with Crippen LogP contribution < -0.4 is 0 Å². The average Bonchev–Trinajstić information content (AvgIpc) is 2.43. The van der Waals surface area contributed by atoms with Crippen molar-refractivity contribution < 1.29 is 14.3 Å². The summed E-state index contributed by atoms with van der Waals surface area (Å²) in [7, 11) is 0. The highest BCUT2D eigenvalue weighted by atomic mass is 16.5. The smallest absolute Gasteiger partial charge is 0.313 e. The molecule has 2 rings (SSSR count). The maximum absolute atomic E-state index is 11.8. The minimum Gasteiger partial charge on any atom is -0.466 e. The van der Waals surface area contributed by atoms with Crippen molar-refractivity contribution in [1.82, 2.24) is 4.90 Å². The number of carbonyl (C=O) groups excluding carboxylic acids is 2. The third kappa shape index (κ3) is 4.30. The van der Waals surface area contributed by atoms with E-state index < -0.39 is 5.97 Å². The molecule has 2 aliphatic rings. The first kappa shape index (κ1) is 15.5. The molecular formula is C16H27NO3. The summed E-state index contributed by atoms with van der Waals surface area (Å²) < 4.78 is 4.81. The van der Waals surface area contributed by atoms with Crippen LogP contribution in [0.5, 0.6) is 0 Å². The molecule has 0 aromatic carbocycles. The first-order chi connectivity index (χ1) is 9.63. The van der Waals surface area contributed by atoms with E-state index in [4.69, 9.17) is 4.74 Å². The zero-order valence-electron chi connectivity index (χ0n) is 12.7. The second-order valence-electron chi connectivity index (χ2n) is 6.36. The van der Waals surface area contributed by atoms with Gasteiger partial charge in [0.1, 0.15) is 6.42 Å². The van der Waals surface area contributed by atoms with Crippen LogP contribution in [0.15, 0.2) is 0 Å². The number of esters is 1. The molecule has 0 radical (unpaired) electrons. The van der Waals surface area contributed by atoms with E-state index in [1.54, 1.807) is 6.92 Å². The molecule has 0 amide bonds. The lowest BCUT2D eigenvalue weighted by molar-refractivity contribution is -0.145. The van der Waals surface area contributed by atoms with E-state index in [-0.39, 0.29) is 12.2 Å². The largest absolute Gasteiger partial charge is 0.466 e. The van der Waals surface area contributed by atoms with Crippen molar-refractivity contribution in [2.75, 3.05) is 26.2 Å². The molecule has 0 aromatic heterocycles. The van der Waals surface area contributed by atoms with E-state index in [2.05, 4.69) is 4.90 Å². The summed E-state index contributed by atoms with van der Waals surface area (Å²) in [6.45, 7) is 4.53. The Hall–Kier alpha value is -0.900. The van der Waals surface area contributed by atoms with Crippen molar-refractivity contribution in [2.24, 2.45) is 5.41 Å². The fraction of sp³-hybridized carbons (Fsp3) is 0.875. The van der Waals surface area contributed by atoms with Gasteiger partial charge in [0.2, 0.25) is 0 Å². The molecule has 20 heavy (non-hydrogen) atoms. The number of piperidine rings is 1. The monoisotopic (exact) mass is 281 g/mol. The maximum atomic E-state index is 11.8. The Balaban J connectivity index is 1.71. The molecule has 1 saturated heterocycles. The van der Waals surface area contributed by atoms with Crippen LogP contribution in [0.3, 0.4) is 0 Å². The molecule has 4 heteroatoms. The van der Waals surface area contributed by atoms with Gasteiger partial charge in [0.15, 0.2) is 5.78 Å². The summed E-state index contributed by atoms with van der Waals surface area (Å²) in [5.41, 5.74) is 0.568. The Morgan fingerprint density at radius 2 is 1.70 bits per heavy atom. The average molecular weight is 281 g/mol. The molecule has 0 unspecified atom stereocenters. The van der Waals surface area contributed by atoms with Gasteiger partial charge in [-0.1, -0.05) is 19.3 Å². The summed E-state index contributed by atoms with van der Waals surface area (Å²) in [5.74, 6) is -0.402. The van der Waals surface area contributed by atoms with E-state index in [9.17, 15) is 9.59 Å². The third-order valence-corrected chi connectivity index (χ3v) is 4.88. The zero-order chi connectivity index (χ0) is 14.4. The quantitative estimate of drug-likeness (QED) is 0.574. The van der Waals surface area contributed by atoms with Gasteiger partial charge in [0.25, 0.3) is 0 Å². The van der Waals surface area contributed by atoms with Gasteiger partial charge in [0, 0.05) is 0 Å². The van der Waals surface area contributed by atoms with Gasteiger partial charge in [-0.3, -0.25) is 14.5 Å². The Morgan fingerprint density at radius 1 is 1.05 bits per heavy atom. The van der Waals surface area contributed by atoms with Gasteiger partial charge in [-0.2, -0.15) is 0 Å². The normalized spacial score (nSPS) is 22.6. The second-order valence-corrected chi connectivity index (χ2v) is 6.36. The first-order valence-electron chi connectivity index (χ1n) is 8.03. The van der Waals surface area contributed by atoms with Gasteiger partial charge in [-0.05, 0) is 51.1 Å². The number of carbonyl (C=O) groups is 2. The molecule has 1 aliphatic heterocycles. The van der Waals surface area contributed by atoms with Crippen LogP contribution in [0.4, 0.5) is 0 Å². The Labute approximate surface area is 121 Å². The van der Waals surface area contributed by atoms with E-state index in [0.29, 0.717) is 18.6 Å². The van der Waals surface area contributed by atoms with Crippen molar-refractivity contribution in [3.63, 3.8) is 0 Å². The standard InChI is InChI=1S/C16H27NO3/c1-2-20-15(19)12-14(18)13-17-10-8-16(9-11-17)6-4-3-5-7-16/h2-13H2,1H3. The number of hydrogen-bond acceptors (Lipinski definition) is 4. The van der Waals surface area contributed by atoms with E-state index in [0.717, 1.165) is 13.1 Å². The highest BCUT2D eigenvalue weighted by Crippen LogP contribution is 2.44. The van der Waals surface area contributed by atoms with E-state index >= 15 is 0 Å². The summed E-state index contributed by atoms with van der Waals surface area (Å²) in [6, 6.07) is 0.